The minimum absolute atomic E-state index is 0.146. The minimum Gasteiger partial charge on any atom is -0.228 e. The first-order valence-electron chi connectivity index (χ1n) is 18.6. The van der Waals surface area contributed by atoms with Crippen LogP contribution in [0.25, 0.3) is 97.9 Å². The Morgan fingerprint density at radius 3 is 1.87 bits per heavy atom. The number of aromatic nitrogens is 2. The molecule has 2 heterocycles. The first-order valence-corrected chi connectivity index (χ1v) is 19.4. The van der Waals surface area contributed by atoms with Gasteiger partial charge < -0.3 is 0 Å². The van der Waals surface area contributed by atoms with Crippen LogP contribution in [0.15, 0.2) is 170 Å². The number of thiophene rings is 1. The maximum absolute atomic E-state index is 5.34. The van der Waals surface area contributed by atoms with E-state index in [0.29, 0.717) is 0 Å². The summed E-state index contributed by atoms with van der Waals surface area (Å²) in [5, 5.41) is 7.52. The fraction of sp³-hybridized carbons (Fsp3) is 0.0588. The number of hydrogen-bond donors (Lipinski definition) is 0. The molecule has 11 rings (SSSR count). The van der Waals surface area contributed by atoms with Crippen molar-refractivity contribution >= 4 is 53.1 Å². The maximum Gasteiger partial charge on any atom is 0.160 e. The second kappa shape index (κ2) is 11.8. The quantitative estimate of drug-likeness (QED) is 0.182. The fourth-order valence-corrected chi connectivity index (χ4v) is 9.88. The van der Waals surface area contributed by atoms with E-state index in [-0.39, 0.29) is 5.41 Å². The number of benzene rings is 8. The molecule has 10 aromatic rings. The Morgan fingerprint density at radius 2 is 1.06 bits per heavy atom. The lowest BCUT2D eigenvalue weighted by Crippen LogP contribution is -2.14. The van der Waals surface area contributed by atoms with Gasteiger partial charge in [0.05, 0.1) is 11.4 Å². The highest BCUT2D eigenvalue weighted by Crippen LogP contribution is 2.53. The van der Waals surface area contributed by atoms with E-state index in [4.69, 9.17) is 9.97 Å². The fourth-order valence-electron chi connectivity index (χ4n) is 8.79. The monoisotopic (exact) mass is 706 g/mol. The van der Waals surface area contributed by atoms with Gasteiger partial charge in [0.25, 0.3) is 0 Å². The van der Waals surface area contributed by atoms with E-state index in [9.17, 15) is 0 Å². The molecule has 0 bridgehead atoms. The number of nitrogens with zero attached hydrogens (tertiary/aromatic N) is 2. The van der Waals surface area contributed by atoms with Gasteiger partial charge in [-0.2, -0.15) is 0 Å². The highest BCUT2D eigenvalue weighted by molar-refractivity contribution is 7.25. The van der Waals surface area contributed by atoms with Gasteiger partial charge in [-0.3, -0.25) is 0 Å². The van der Waals surface area contributed by atoms with Crippen LogP contribution >= 0.6 is 11.3 Å². The van der Waals surface area contributed by atoms with Crippen LogP contribution < -0.4 is 0 Å². The zero-order valence-corrected chi connectivity index (χ0v) is 30.8. The van der Waals surface area contributed by atoms with Crippen molar-refractivity contribution in [1.29, 1.82) is 0 Å². The van der Waals surface area contributed by atoms with E-state index < -0.39 is 0 Å². The molecular formula is C51H34N2S. The molecule has 0 saturated carbocycles. The lowest BCUT2D eigenvalue weighted by atomic mass is 9.81. The molecule has 2 aromatic heterocycles. The van der Waals surface area contributed by atoms with Crippen LogP contribution in [0, 0.1) is 0 Å². The third-order valence-electron chi connectivity index (χ3n) is 11.5. The summed E-state index contributed by atoms with van der Waals surface area (Å²) in [4.78, 5) is 10.7. The molecule has 0 atom stereocenters. The van der Waals surface area contributed by atoms with Crippen molar-refractivity contribution in [3.05, 3.63) is 181 Å². The Kier molecular flexibility index (Phi) is 6.80. The topological polar surface area (TPSA) is 25.8 Å². The molecular weight excluding hydrogens is 673 g/mol. The van der Waals surface area contributed by atoms with Gasteiger partial charge in [-0.05, 0) is 91.3 Å². The number of hydrogen-bond acceptors (Lipinski definition) is 3. The normalized spacial score (nSPS) is 13.1. The Balaban J connectivity index is 1.13. The molecule has 0 N–H and O–H groups in total. The Morgan fingerprint density at radius 1 is 0.407 bits per heavy atom. The van der Waals surface area contributed by atoms with E-state index >= 15 is 0 Å². The summed E-state index contributed by atoms with van der Waals surface area (Å²) in [6, 6.07) is 61.7. The summed E-state index contributed by atoms with van der Waals surface area (Å²) in [5.41, 5.74) is 12.6. The average molecular weight is 707 g/mol. The van der Waals surface area contributed by atoms with E-state index in [1.165, 1.54) is 75.1 Å². The van der Waals surface area contributed by atoms with Crippen molar-refractivity contribution in [2.24, 2.45) is 0 Å². The Bertz CT molecular complexity index is 3130. The van der Waals surface area contributed by atoms with E-state index in [1.54, 1.807) is 0 Å². The van der Waals surface area contributed by atoms with Gasteiger partial charge in [-0.1, -0.05) is 147 Å². The van der Waals surface area contributed by atoms with Crippen molar-refractivity contribution in [2.75, 3.05) is 0 Å². The van der Waals surface area contributed by atoms with Gasteiger partial charge in [0, 0.05) is 42.3 Å². The SMILES string of the molecule is CC1(C)c2cc3ccccc3cc2-c2c(-c3cc(-c4ccc(-c5ccc6sc7ccccc7c6c5)c5ccccc45)nc(-c4ccccc4)n3)cccc21. The molecule has 0 amide bonds. The van der Waals surface area contributed by atoms with Crippen LogP contribution in [-0.4, -0.2) is 9.97 Å². The van der Waals surface area contributed by atoms with Crippen molar-refractivity contribution < 1.29 is 0 Å². The largest absolute Gasteiger partial charge is 0.228 e. The predicted octanol–water partition coefficient (Wildman–Crippen LogP) is 14.1. The highest BCUT2D eigenvalue weighted by Gasteiger charge is 2.37. The molecule has 3 heteroatoms. The molecule has 0 unspecified atom stereocenters. The first-order chi connectivity index (χ1) is 26.5. The molecule has 0 saturated heterocycles. The van der Waals surface area contributed by atoms with Gasteiger partial charge in [0.1, 0.15) is 0 Å². The second-order valence-corrected chi connectivity index (χ2v) is 16.0. The zero-order chi connectivity index (χ0) is 36.0. The van der Waals surface area contributed by atoms with Crippen LogP contribution in [0.5, 0.6) is 0 Å². The second-order valence-electron chi connectivity index (χ2n) is 14.9. The molecule has 2 nitrogen and oxygen atoms in total. The average Bonchev–Trinajstić information content (AvgIpc) is 3.70. The summed E-state index contributed by atoms with van der Waals surface area (Å²) < 4.78 is 2.64. The van der Waals surface area contributed by atoms with Crippen molar-refractivity contribution in [2.45, 2.75) is 19.3 Å². The van der Waals surface area contributed by atoms with Gasteiger partial charge in [-0.25, -0.2) is 9.97 Å². The third kappa shape index (κ3) is 4.72. The predicted molar refractivity (Wildman–Crippen MR) is 229 cm³/mol. The third-order valence-corrected chi connectivity index (χ3v) is 12.6. The molecule has 1 aliphatic rings. The van der Waals surface area contributed by atoms with Crippen molar-refractivity contribution in [3.8, 4) is 56.2 Å². The first kappa shape index (κ1) is 31.1. The molecule has 254 valence electrons. The Hall–Kier alpha value is -6.42. The summed E-state index contributed by atoms with van der Waals surface area (Å²) in [6.07, 6.45) is 0. The smallest absolute Gasteiger partial charge is 0.160 e. The minimum atomic E-state index is -0.146. The lowest BCUT2D eigenvalue weighted by Gasteiger charge is -2.22. The van der Waals surface area contributed by atoms with Gasteiger partial charge in [-0.15, -0.1) is 11.3 Å². The number of fused-ring (bicyclic) bond motifs is 8. The maximum atomic E-state index is 5.34. The van der Waals surface area contributed by atoms with E-state index in [0.717, 1.165) is 33.9 Å². The highest BCUT2D eigenvalue weighted by atomic mass is 32.1. The molecule has 8 aromatic carbocycles. The molecule has 0 fully saturated rings. The molecule has 54 heavy (non-hydrogen) atoms. The van der Waals surface area contributed by atoms with Crippen LogP contribution in [0.1, 0.15) is 25.0 Å². The van der Waals surface area contributed by atoms with Crippen LogP contribution in [0.4, 0.5) is 0 Å². The van der Waals surface area contributed by atoms with Crippen molar-refractivity contribution in [1.82, 2.24) is 9.97 Å². The lowest BCUT2D eigenvalue weighted by molar-refractivity contribution is 0.661. The Labute approximate surface area is 318 Å². The van der Waals surface area contributed by atoms with Gasteiger partial charge in [0.2, 0.25) is 0 Å². The summed E-state index contributed by atoms with van der Waals surface area (Å²) in [7, 11) is 0. The molecule has 0 aliphatic heterocycles. The van der Waals surface area contributed by atoms with E-state index in [1.807, 2.05) is 17.4 Å². The summed E-state index contributed by atoms with van der Waals surface area (Å²) >= 11 is 1.86. The van der Waals surface area contributed by atoms with Crippen LogP contribution in [0.3, 0.4) is 0 Å². The summed E-state index contributed by atoms with van der Waals surface area (Å²) in [6.45, 7) is 4.70. The molecule has 0 spiro atoms. The zero-order valence-electron chi connectivity index (χ0n) is 30.0. The standard InChI is InChI=1S/C51H34N2S/c1-51(2)43-21-12-20-40(49(43)42-27-32-15-6-7-16-33(32)29-44(42)51)46-30-45(52-50(53-46)31-13-4-3-5-14-31)38-25-24-35(36-17-8-9-18-37(36)38)34-23-26-48-41(28-34)39-19-10-11-22-47(39)54-48/h3-30H,1-2H3. The summed E-state index contributed by atoms with van der Waals surface area (Å²) in [5.74, 6) is 0.722. The van der Waals surface area contributed by atoms with Crippen LogP contribution in [-0.2, 0) is 5.41 Å². The van der Waals surface area contributed by atoms with Crippen LogP contribution in [0.2, 0.25) is 0 Å². The van der Waals surface area contributed by atoms with Gasteiger partial charge >= 0.3 is 0 Å². The van der Waals surface area contributed by atoms with Crippen molar-refractivity contribution in [3.63, 3.8) is 0 Å². The van der Waals surface area contributed by atoms with Gasteiger partial charge in [0.15, 0.2) is 5.82 Å². The van der Waals surface area contributed by atoms with E-state index in [2.05, 4.69) is 178 Å². The molecule has 0 radical (unpaired) electrons. The number of rotatable bonds is 4. The molecule has 1 aliphatic carbocycles.